The van der Waals surface area contributed by atoms with Gasteiger partial charge in [0.2, 0.25) is 0 Å². The maximum absolute atomic E-state index is 9.43. The summed E-state index contributed by atoms with van der Waals surface area (Å²) in [4.78, 5) is 0. The average molecular weight is 213 g/mol. The predicted octanol–water partition coefficient (Wildman–Crippen LogP) is 0.840. The molecule has 0 aliphatic carbocycles. The Hall–Kier alpha value is -1.28. The number of halogens is 1. The van der Waals surface area contributed by atoms with Crippen LogP contribution in [0.3, 0.4) is 0 Å². The van der Waals surface area contributed by atoms with Gasteiger partial charge in [-0.3, -0.25) is 0 Å². The first-order valence-corrected chi connectivity index (χ1v) is 4.24. The zero-order valence-electron chi connectivity index (χ0n) is 7.18. The molecule has 0 saturated heterocycles. The summed E-state index contributed by atoms with van der Waals surface area (Å²) < 4.78 is 0. The van der Waals surface area contributed by atoms with Crippen molar-refractivity contribution in [1.29, 1.82) is 5.26 Å². The number of benzene rings is 1. The van der Waals surface area contributed by atoms with Crippen LogP contribution in [-0.2, 0) is 0 Å². The highest BCUT2D eigenvalue weighted by molar-refractivity contribution is 6.33. The Kier molecular flexibility index (Phi) is 3.31. The number of nitrogen functional groups attached to an aromatic ring is 1. The summed E-state index contributed by atoms with van der Waals surface area (Å²) in [5, 5.41) is 27.1. The molecule has 4 nitrogen and oxygen atoms in total. The van der Waals surface area contributed by atoms with E-state index in [0.717, 1.165) is 0 Å². The number of aliphatic hydroxyl groups excluding tert-OH is 2. The van der Waals surface area contributed by atoms with Gasteiger partial charge in [-0.1, -0.05) is 17.7 Å². The van der Waals surface area contributed by atoms with Gasteiger partial charge in [0.25, 0.3) is 0 Å². The van der Waals surface area contributed by atoms with Gasteiger partial charge >= 0.3 is 0 Å². The lowest BCUT2D eigenvalue weighted by atomic mass is 10.1. The highest BCUT2D eigenvalue weighted by atomic mass is 35.5. The summed E-state index contributed by atoms with van der Waals surface area (Å²) in [5.74, 6) is 0. The smallest absolute Gasteiger partial charge is 0.170 e. The van der Waals surface area contributed by atoms with Gasteiger partial charge in [-0.15, -0.1) is 0 Å². The first kappa shape index (κ1) is 10.8. The monoisotopic (exact) mass is 212 g/mol. The molecule has 4 N–H and O–H groups in total. The van der Waals surface area contributed by atoms with Crippen LogP contribution in [0, 0.1) is 11.3 Å². The van der Waals surface area contributed by atoms with Gasteiger partial charge in [0.15, 0.2) is 6.10 Å². The molecule has 74 valence electrons. The standard InChI is InChI=1S/C9H9ClN2O2/c10-6-3-5(1-2-7(6)12)9(14)8(13)4-11/h1-3,8-9,13-14H,12H2. The Balaban J connectivity index is 2.98. The molecule has 0 bridgehead atoms. The second kappa shape index (κ2) is 4.29. The fourth-order valence-electron chi connectivity index (χ4n) is 0.980. The minimum absolute atomic E-state index is 0.284. The summed E-state index contributed by atoms with van der Waals surface area (Å²) in [5.41, 5.74) is 6.20. The van der Waals surface area contributed by atoms with Crippen molar-refractivity contribution in [3.8, 4) is 6.07 Å². The highest BCUT2D eigenvalue weighted by Crippen LogP contribution is 2.24. The topological polar surface area (TPSA) is 90.3 Å². The van der Waals surface area contributed by atoms with Crippen LogP contribution in [0.5, 0.6) is 0 Å². The van der Waals surface area contributed by atoms with E-state index in [9.17, 15) is 5.11 Å². The molecule has 2 unspecified atom stereocenters. The minimum Gasteiger partial charge on any atom is -0.398 e. The summed E-state index contributed by atoms with van der Waals surface area (Å²) in [6.45, 7) is 0. The number of rotatable bonds is 2. The van der Waals surface area contributed by atoms with Crippen molar-refractivity contribution < 1.29 is 10.2 Å². The Morgan fingerprint density at radius 1 is 1.43 bits per heavy atom. The summed E-state index contributed by atoms with van der Waals surface area (Å²) in [7, 11) is 0. The largest absolute Gasteiger partial charge is 0.398 e. The molecule has 1 aromatic rings. The van der Waals surface area contributed by atoms with Crippen LogP contribution in [0.2, 0.25) is 5.02 Å². The zero-order valence-corrected chi connectivity index (χ0v) is 7.94. The van der Waals surface area contributed by atoms with Crippen LogP contribution in [0.1, 0.15) is 11.7 Å². The molecule has 5 heteroatoms. The molecule has 0 aliphatic rings. The van der Waals surface area contributed by atoms with Gasteiger partial charge < -0.3 is 15.9 Å². The molecular formula is C9H9ClN2O2. The fraction of sp³-hybridized carbons (Fsp3) is 0.222. The van der Waals surface area contributed by atoms with Crippen molar-refractivity contribution in [3.05, 3.63) is 28.8 Å². The second-order valence-corrected chi connectivity index (χ2v) is 3.21. The number of hydrogen-bond donors (Lipinski definition) is 3. The number of anilines is 1. The Morgan fingerprint density at radius 3 is 2.57 bits per heavy atom. The van der Waals surface area contributed by atoms with Crippen molar-refractivity contribution in [1.82, 2.24) is 0 Å². The summed E-state index contributed by atoms with van der Waals surface area (Å²) in [6.07, 6.45) is -2.73. The van der Waals surface area contributed by atoms with Crippen LogP contribution >= 0.6 is 11.6 Å². The molecule has 0 aromatic heterocycles. The van der Waals surface area contributed by atoms with E-state index in [4.69, 9.17) is 27.7 Å². The lowest BCUT2D eigenvalue weighted by Crippen LogP contribution is -2.15. The third-order valence-corrected chi connectivity index (χ3v) is 2.12. The van der Waals surface area contributed by atoms with Crippen LogP contribution in [-0.4, -0.2) is 16.3 Å². The summed E-state index contributed by atoms with van der Waals surface area (Å²) in [6, 6.07) is 5.96. The molecule has 0 heterocycles. The van der Waals surface area contributed by atoms with E-state index in [-0.39, 0.29) is 5.02 Å². The van der Waals surface area contributed by atoms with Crippen LogP contribution in [0.4, 0.5) is 5.69 Å². The minimum atomic E-state index is -1.46. The van der Waals surface area contributed by atoms with E-state index in [1.54, 1.807) is 0 Å². The van der Waals surface area contributed by atoms with E-state index in [0.29, 0.717) is 11.3 Å². The number of hydrogen-bond acceptors (Lipinski definition) is 4. The van der Waals surface area contributed by atoms with Crippen LogP contribution < -0.4 is 5.73 Å². The van der Waals surface area contributed by atoms with E-state index >= 15 is 0 Å². The van der Waals surface area contributed by atoms with Gasteiger partial charge in [0.1, 0.15) is 6.10 Å². The summed E-state index contributed by atoms with van der Waals surface area (Å²) >= 11 is 5.71. The number of aliphatic hydroxyl groups is 2. The van der Waals surface area contributed by atoms with Crippen molar-refractivity contribution >= 4 is 17.3 Å². The molecule has 0 saturated carbocycles. The Morgan fingerprint density at radius 2 is 2.07 bits per heavy atom. The zero-order chi connectivity index (χ0) is 10.7. The lowest BCUT2D eigenvalue weighted by Gasteiger charge is -2.12. The number of nitrogens with two attached hydrogens (primary N) is 1. The normalized spacial score (nSPS) is 14.4. The maximum atomic E-state index is 9.43. The van der Waals surface area contributed by atoms with Crippen molar-refractivity contribution in [2.45, 2.75) is 12.2 Å². The highest BCUT2D eigenvalue weighted by Gasteiger charge is 2.17. The molecule has 0 spiro atoms. The van der Waals surface area contributed by atoms with Gasteiger partial charge in [-0.25, -0.2) is 0 Å². The van der Waals surface area contributed by atoms with Gasteiger partial charge in [-0.05, 0) is 17.7 Å². The third-order valence-electron chi connectivity index (χ3n) is 1.80. The molecule has 0 fully saturated rings. The van der Waals surface area contributed by atoms with Gasteiger partial charge in [0, 0.05) is 0 Å². The van der Waals surface area contributed by atoms with E-state index < -0.39 is 12.2 Å². The van der Waals surface area contributed by atoms with E-state index in [2.05, 4.69) is 0 Å². The Labute approximate surface area is 86.2 Å². The van der Waals surface area contributed by atoms with Gasteiger partial charge in [-0.2, -0.15) is 5.26 Å². The molecule has 14 heavy (non-hydrogen) atoms. The molecule has 1 aromatic carbocycles. The van der Waals surface area contributed by atoms with Crippen molar-refractivity contribution in [3.63, 3.8) is 0 Å². The maximum Gasteiger partial charge on any atom is 0.170 e. The molecule has 0 radical (unpaired) electrons. The molecular weight excluding hydrogens is 204 g/mol. The lowest BCUT2D eigenvalue weighted by molar-refractivity contribution is 0.0528. The first-order chi connectivity index (χ1) is 6.56. The molecule has 1 rings (SSSR count). The molecule has 2 atom stereocenters. The predicted molar refractivity (Wildman–Crippen MR) is 52.4 cm³/mol. The second-order valence-electron chi connectivity index (χ2n) is 2.80. The van der Waals surface area contributed by atoms with Crippen molar-refractivity contribution in [2.75, 3.05) is 5.73 Å². The SMILES string of the molecule is N#CC(O)C(O)c1ccc(N)c(Cl)c1. The molecule has 0 aliphatic heterocycles. The Bertz CT molecular complexity index is 376. The third kappa shape index (κ3) is 2.15. The fourth-order valence-corrected chi connectivity index (χ4v) is 1.17. The molecule has 0 amide bonds. The first-order valence-electron chi connectivity index (χ1n) is 3.87. The van der Waals surface area contributed by atoms with Crippen LogP contribution in [0.15, 0.2) is 18.2 Å². The van der Waals surface area contributed by atoms with E-state index in [1.807, 2.05) is 0 Å². The van der Waals surface area contributed by atoms with E-state index in [1.165, 1.54) is 24.3 Å². The van der Waals surface area contributed by atoms with Crippen LogP contribution in [0.25, 0.3) is 0 Å². The van der Waals surface area contributed by atoms with Crippen molar-refractivity contribution in [2.24, 2.45) is 0 Å². The quantitative estimate of drug-likeness (QED) is 0.501. The average Bonchev–Trinajstić information content (AvgIpc) is 2.20. The number of nitriles is 1. The van der Waals surface area contributed by atoms with Gasteiger partial charge in [0.05, 0.1) is 16.8 Å². The number of nitrogens with zero attached hydrogens (tertiary/aromatic N) is 1.